The van der Waals surface area contributed by atoms with Crippen molar-refractivity contribution in [1.29, 1.82) is 0 Å². The van der Waals surface area contributed by atoms with Crippen LogP contribution >= 0.6 is 23.5 Å². The Morgan fingerprint density at radius 3 is 2.83 bits per heavy atom. The second kappa shape index (κ2) is 8.21. The summed E-state index contributed by atoms with van der Waals surface area (Å²) in [7, 11) is -3.88. The molecule has 1 heterocycles. The number of halogens is 1. The number of unbranched alkanes of at least 4 members (excludes halogenated alkanes) is 2. The normalized spacial score (nSPS) is 14.8. The average Bonchev–Trinajstić information content (AvgIpc) is 2.48. The van der Waals surface area contributed by atoms with Crippen molar-refractivity contribution in [3.8, 4) is 0 Å². The summed E-state index contributed by atoms with van der Waals surface area (Å²) in [6.45, 7) is 1.41. The van der Waals surface area contributed by atoms with Crippen molar-refractivity contribution in [1.82, 2.24) is 4.31 Å². The molecule has 0 saturated carbocycles. The number of benzene rings is 1. The van der Waals surface area contributed by atoms with Crippen LogP contribution in [0, 0.1) is 10.1 Å². The molecule has 1 aliphatic heterocycles. The number of hydrogen-bond acceptors (Lipinski definition) is 8. The predicted octanol–water partition coefficient (Wildman–Crippen LogP) is 2.06. The molecule has 0 bridgehead atoms. The fourth-order valence-corrected chi connectivity index (χ4v) is 4.34. The van der Waals surface area contributed by atoms with Gasteiger partial charge in [0.1, 0.15) is 4.90 Å². The van der Waals surface area contributed by atoms with Crippen molar-refractivity contribution in [2.45, 2.75) is 29.1 Å². The van der Waals surface area contributed by atoms with E-state index in [9.17, 15) is 18.5 Å². The number of nitrogens with zero attached hydrogens (tertiary/aromatic N) is 2. The molecule has 24 heavy (non-hydrogen) atoms. The standard InChI is InChI=1S/C12H17ClN4O5S2/c13-9-6-10-11(7-12(9)24(14,20)21)23-16(8-15-10)4-2-1-3-5-22-17(18)19/h6-7,15H,1-5,8H2,(H2,14,20,21). The fraction of sp³-hybridized carbons (Fsp3) is 0.500. The highest BCUT2D eigenvalue weighted by Crippen LogP contribution is 2.38. The number of nitrogens with one attached hydrogen (secondary N) is 1. The van der Waals surface area contributed by atoms with Gasteiger partial charge in [0.25, 0.3) is 5.09 Å². The van der Waals surface area contributed by atoms with Crippen LogP contribution < -0.4 is 10.5 Å². The van der Waals surface area contributed by atoms with Gasteiger partial charge < -0.3 is 10.2 Å². The predicted molar refractivity (Wildman–Crippen MR) is 90.7 cm³/mol. The number of hydrogen-bond donors (Lipinski definition) is 2. The molecule has 0 atom stereocenters. The first-order valence-electron chi connectivity index (χ1n) is 7.08. The van der Waals surface area contributed by atoms with E-state index in [-0.39, 0.29) is 16.5 Å². The van der Waals surface area contributed by atoms with Crippen LogP contribution in [0.2, 0.25) is 5.02 Å². The van der Waals surface area contributed by atoms with Crippen molar-refractivity contribution in [2.75, 3.05) is 25.1 Å². The van der Waals surface area contributed by atoms with Crippen molar-refractivity contribution in [2.24, 2.45) is 5.14 Å². The van der Waals surface area contributed by atoms with Gasteiger partial charge in [-0.3, -0.25) is 0 Å². The van der Waals surface area contributed by atoms with Crippen LogP contribution in [0.5, 0.6) is 0 Å². The number of rotatable bonds is 8. The Morgan fingerprint density at radius 1 is 1.42 bits per heavy atom. The summed E-state index contributed by atoms with van der Waals surface area (Å²) in [5.41, 5.74) is 0.757. The van der Waals surface area contributed by atoms with Gasteiger partial charge in [-0.2, -0.15) is 0 Å². The van der Waals surface area contributed by atoms with Gasteiger partial charge in [-0.15, -0.1) is 10.1 Å². The van der Waals surface area contributed by atoms with E-state index in [4.69, 9.17) is 16.7 Å². The first kappa shape index (κ1) is 19.1. The van der Waals surface area contributed by atoms with E-state index in [1.807, 2.05) is 4.31 Å². The zero-order valence-corrected chi connectivity index (χ0v) is 15.0. The Morgan fingerprint density at radius 2 is 2.17 bits per heavy atom. The first-order chi connectivity index (χ1) is 11.3. The van der Waals surface area contributed by atoms with E-state index in [0.29, 0.717) is 13.1 Å². The highest BCUT2D eigenvalue weighted by atomic mass is 35.5. The van der Waals surface area contributed by atoms with Gasteiger partial charge in [0.15, 0.2) is 0 Å². The highest BCUT2D eigenvalue weighted by molar-refractivity contribution is 7.97. The van der Waals surface area contributed by atoms with Gasteiger partial charge in [0.2, 0.25) is 10.0 Å². The number of fused-ring (bicyclic) bond motifs is 1. The van der Waals surface area contributed by atoms with E-state index in [2.05, 4.69) is 10.2 Å². The Bertz CT molecular complexity index is 716. The Hall–Kier alpha value is -1.27. The van der Waals surface area contributed by atoms with Crippen molar-refractivity contribution < 1.29 is 18.3 Å². The third-order valence-electron chi connectivity index (χ3n) is 3.26. The molecule has 1 aromatic carbocycles. The maximum absolute atomic E-state index is 11.5. The zero-order chi connectivity index (χ0) is 17.7. The van der Waals surface area contributed by atoms with Gasteiger partial charge in [0, 0.05) is 11.4 Å². The lowest BCUT2D eigenvalue weighted by atomic mass is 10.2. The summed E-state index contributed by atoms with van der Waals surface area (Å²) in [4.78, 5) is 14.9. The lowest BCUT2D eigenvalue weighted by Gasteiger charge is -2.29. The van der Waals surface area contributed by atoms with Crippen LogP contribution in [-0.4, -0.2) is 37.6 Å². The molecule has 0 fully saturated rings. The zero-order valence-electron chi connectivity index (χ0n) is 12.6. The smallest absolute Gasteiger partial charge is 0.294 e. The topological polar surface area (TPSA) is 128 Å². The SMILES string of the molecule is NS(=O)(=O)c1cc2c(cc1Cl)NCN(CCCCCO[N+](=O)[O-])S2. The maximum Gasteiger partial charge on any atom is 0.294 e. The summed E-state index contributed by atoms with van der Waals surface area (Å²) >= 11 is 7.37. The minimum Gasteiger partial charge on any atom is -0.371 e. The van der Waals surface area contributed by atoms with Crippen LogP contribution in [0.25, 0.3) is 0 Å². The fourth-order valence-electron chi connectivity index (χ4n) is 2.14. The molecule has 0 aromatic heterocycles. The summed E-state index contributed by atoms with van der Waals surface area (Å²) < 4.78 is 25.1. The minimum atomic E-state index is -3.88. The number of anilines is 1. The molecule has 1 aliphatic rings. The molecular weight excluding hydrogens is 380 g/mol. The van der Waals surface area contributed by atoms with Gasteiger partial charge in [-0.25, -0.2) is 17.9 Å². The second-order valence-electron chi connectivity index (χ2n) is 5.07. The molecule has 3 N–H and O–H groups in total. The molecule has 1 aromatic rings. The van der Waals surface area contributed by atoms with Crippen LogP contribution in [0.1, 0.15) is 19.3 Å². The highest BCUT2D eigenvalue weighted by Gasteiger charge is 2.22. The van der Waals surface area contributed by atoms with E-state index in [0.717, 1.165) is 30.0 Å². The molecule has 12 heteroatoms. The lowest BCUT2D eigenvalue weighted by Crippen LogP contribution is -2.28. The molecular formula is C12H17ClN4O5S2. The van der Waals surface area contributed by atoms with Gasteiger partial charge >= 0.3 is 0 Å². The summed E-state index contributed by atoms with van der Waals surface area (Å²) in [6, 6.07) is 3.01. The van der Waals surface area contributed by atoms with Crippen LogP contribution in [0.15, 0.2) is 21.9 Å². The largest absolute Gasteiger partial charge is 0.371 e. The van der Waals surface area contributed by atoms with Gasteiger partial charge in [-0.05, 0) is 36.9 Å². The number of sulfonamides is 1. The first-order valence-corrected chi connectivity index (χ1v) is 9.77. The van der Waals surface area contributed by atoms with Crippen molar-refractivity contribution in [3.63, 3.8) is 0 Å². The van der Waals surface area contributed by atoms with E-state index in [1.54, 1.807) is 6.07 Å². The van der Waals surface area contributed by atoms with Gasteiger partial charge in [0.05, 0.1) is 24.0 Å². The third-order valence-corrected chi connectivity index (χ3v) is 5.74. The molecule has 0 saturated heterocycles. The Kier molecular flexibility index (Phi) is 6.52. The monoisotopic (exact) mass is 396 g/mol. The Labute approximate surface area is 148 Å². The summed E-state index contributed by atoms with van der Waals surface area (Å²) in [5, 5.41) is 17.6. The van der Waals surface area contributed by atoms with Gasteiger partial charge in [-0.1, -0.05) is 18.0 Å². The molecule has 0 aliphatic carbocycles. The van der Waals surface area contributed by atoms with Crippen LogP contribution in [0.4, 0.5) is 5.69 Å². The van der Waals surface area contributed by atoms with Crippen LogP contribution in [-0.2, 0) is 14.9 Å². The molecule has 134 valence electrons. The number of nitrogens with two attached hydrogens (primary N) is 1. The van der Waals surface area contributed by atoms with Crippen molar-refractivity contribution in [3.05, 3.63) is 27.3 Å². The summed E-state index contributed by atoms with van der Waals surface area (Å²) in [5.74, 6) is 0. The molecule has 9 nitrogen and oxygen atoms in total. The van der Waals surface area contributed by atoms with E-state index >= 15 is 0 Å². The quantitative estimate of drug-likeness (QED) is 0.295. The molecule has 0 amide bonds. The molecule has 0 unspecified atom stereocenters. The van der Waals surface area contributed by atoms with Crippen LogP contribution in [0.3, 0.4) is 0 Å². The minimum absolute atomic E-state index is 0.0867. The maximum atomic E-state index is 11.5. The Balaban J connectivity index is 1.88. The summed E-state index contributed by atoms with van der Waals surface area (Å²) in [6.07, 6.45) is 2.23. The molecule has 2 rings (SSSR count). The van der Waals surface area contributed by atoms with E-state index in [1.165, 1.54) is 18.0 Å². The third kappa shape index (κ3) is 5.38. The lowest BCUT2D eigenvalue weighted by molar-refractivity contribution is -0.757. The molecule has 0 radical (unpaired) electrons. The molecule has 0 spiro atoms. The second-order valence-corrected chi connectivity index (χ2v) is 8.15. The average molecular weight is 397 g/mol. The van der Waals surface area contributed by atoms with Crippen molar-refractivity contribution >= 4 is 39.3 Å². The number of primary sulfonamides is 1. The van der Waals surface area contributed by atoms with E-state index < -0.39 is 15.1 Å².